The third kappa shape index (κ3) is 1.82. The van der Waals surface area contributed by atoms with E-state index in [-0.39, 0.29) is 6.04 Å². The predicted octanol–water partition coefficient (Wildman–Crippen LogP) is 3.17. The van der Waals surface area contributed by atoms with Crippen molar-refractivity contribution in [2.24, 2.45) is 5.73 Å². The Morgan fingerprint density at radius 1 is 1.23 bits per heavy atom. The van der Waals surface area contributed by atoms with Crippen LogP contribution in [-0.4, -0.2) is 0 Å². The summed E-state index contributed by atoms with van der Waals surface area (Å²) in [6.45, 7) is 2.11. The number of hydrogen-bond donors (Lipinski definition) is 1. The molecule has 2 aromatic rings. The van der Waals surface area contributed by atoms with Gasteiger partial charge in [0.1, 0.15) is 0 Å². The second kappa shape index (κ2) is 3.62. The van der Waals surface area contributed by atoms with E-state index in [0.29, 0.717) is 0 Å². The average molecular weight is 209 g/mol. The van der Waals surface area contributed by atoms with Gasteiger partial charge in [0, 0.05) is 14.6 Å². The monoisotopic (exact) mass is 209 g/mol. The maximum absolute atomic E-state index is 6.09. The van der Waals surface area contributed by atoms with E-state index >= 15 is 0 Å². The minimum atomic E-state index is 0.0682. The van der Waals surface area contributed by atoms with Gasteiger partial charge in [-0.05, 0) is 30.5 Å². The van der Waals surface area contributed by atoms with Crippen LogP contribution in [-0.2, 0) is 0 Å². The normalized spacial score (nSPS) is 13.1. The molecule has 0 bridgehead atoms. The summed E-state index contributed by atoms with van der Waals surface area (Å²) in [5.41, 5.74) is 6.09. The molecule has 0 aliphatic carbocycles. The SMILES string of the molecule is Cc1ccc([C@@H](N)c2cccs2)s1. The minimum Gasteiger partial charge on any atom is -0.319 e. The minimum absolute atomic E-state index is 0.0682. The zero-order chi connectivity index (χ0) is 9.26. The average Bonchev–Trinajstić information content (AvgIpc) is 2.72. The number of aryl methyl sites for hydroxylation is 1. The molecule has 0 radical (unpaired) electrons. The van der Waals surface area contributed by atoms with Crippen molar-refractivity contribution in [2.45, 2.75) is 13.0 Å². The van der Waals surface area contributed by atoms with E-state index in [0.717, 1.165) is 0 Å². The Morgan fingerprint density at radius 2 is 2.08 bits per heavy atom. The summed E-state index contributed by atoms with van der Waals surface area (Å²) in [5, 5.41) is 2.07. The molecule has 2 aromatic heterocycles. The number of thiophene rings is 2. The van der Waals surface area contributed by atoms with Gasteiger partial charge in [-0.1, -0.05) is 6.07 Å². The van der Waals surface area contributed by atoms with E-state index in [1.807, 2.05) is 6.07 Å². The second-order valence-electron chi connectivity index (χ2n) is 2.94. The zero-order valence-corrected chi connectivity index (χ0v) is 8.99. The van der Waals surface area contributed by atoms with E-state index in [9.17, 15) is 0 Å². The van der Waals surface area contributed by atoms with Gasteiger partial charge in [-0.15, -0.1) is 22.7 Å². The molecule has 2 rings (SSSR count). The van der Waals surface area contributed by atoms with Crippen molar-refractivity contribution >= 4 is 22.7 Å². The predicted molar refractivity (Wildman–Crippen MR) is 59.4 cm³/mol. The fourth-order valence-electron chi connectivity index (χ4n) is 1.23. The summed E-state index contributed by atoms with van der Waals surface area (Å²) < 4.78 is 0. The quantitative estimate of drug-likeness (QED) is 0.807. The van der Waals surface area contributed by atoms with Crippen LogP contribution in [0.4, 0.5) is 0 Å². The highest BCUT2D eigenvalue weighted by molar-refractivity contribution is 7.12. The molecule has 2 heterocycles. The van der Waals surface area contributed by atoms with Crippen LogP contribution in [0.15, 0.2) is 29.6 Å². The highest BCUT2D eigenvalue weighted by Crippen LogP contribution is 2.28. The summed E-state index contributed by atoms with van der Waals surface area (Å²) in [5.74, 6) is 0. The first-order valence-corrected chi connectivity index (χ1v) is 5.82. The van der Waals surface area contributed by atoms with Crippen LogP contribution in [0.5, 0.6) is 0 Å². The Labute approximate surface area is 85.8 Å². The van der Waals surface area contributed by atoms with Crippen molar-refractivity contribution < 1.29 is 0 Å². The van der Waals surface area contributed by atoms with E-state index in [4.69, 9.17) is 5.73 Å². The highest BCUT2D eigenvalue weighted by atomic mass is 32.1. The van der Waals surface area contributed by atoms with Crippen LogP contribution in [0.25, 0.3) is 0 Å². The lowest BCUT2D eigenvalue weighted by molar-refractivity contribution is 0.917. The van der Waals surface area contributed by atoms with Gasteiger partial charge in [-0.3, -0.25) is 0 Å². The Morgan fingerprint density at radius 3 is 2.62 bits per heavy atom. The zero-order valence-electron chi connectivity index (χ0n) is 7.36. The molecular formula is C10H11NS2. The second-order valence-corrected chi connectivity index (χ2v) is 5.24. The lowest BCUT2D eigenvalue weighted by Gasteiger charge is -2.05. The number of rotatable bonds is 2. The van der Waals surface area contributed by atoms with Crippen LogP contribution in [0.2, 0.25) is 0 Å². The molecule has 1 nitrogen and oxygen atoms in total. The Kier molecular flexibility index (Phi) is 2.49. The first kappa shape index (κ1) is 8.94. The van der Waals surface area contributed by atoms with Crippen molar-refractivity contribution in [1.82, 2.24) is 0 Å². The fourth-order valence-corrected chi connectivity index (χ4v) is 2.95. The molecule has 0 spiro atoms. The number of nitrogens with two attached hydrogens (primary N) is 1. The van der Waals surface area contributed by atoms with Crippen molar-refractivity contribution in [3.05, 3.63) is 44.3 Å². The molecular weight excluding hydrogens is 198 g/mol. The van der Waals surface area contributed by atoms with Crippen LogP contribution in [0.3, 0.4) is 0 Å². The molecule has 1 atom stereocenters. The summed E-state index contributed by atoms with van der Waals surface area (Å²) in [4.78, 5) is 3.81. The maximum atomic E-state index is 6.09. The maximum Gasteiger partial charge on any atom is 0.0740 e. The lowest BCUT2D eigenvalue weighted by Crippen LogP contribution is -2.07. The van der Waals surface area contributed by atoms with Crippen LogP contribution >= 0.6 is 22.7 Å². The molecule has 2 N–H and O–H groups in total. The van der Waals surface area contributed by atoms with Gasteiger partial charge in [0.05, 0.1) is 6.04 Å². The van der Waals surface area contributed by atoms with Gasteiger partial charge in [0.2, 0.25) is 0 Å². The summed E-state index contributed by atoms with van der Waals surface area (Å²) in [6.07, 6.45) is 0. The molecule has 0 aromatic carbocycles. The molecule has 0 saturated heterocycles. The van der Waals surface area contributed by atoms with E-state index in [2.05, 4.69) is 30.5 Å². The molecule has 0 fully saturated rings. The first-order valence-electron chi connectivity index (χ1n) is 4.12. The topological polar surface area (TPSA) is 26.0 Å². The Balaban J connectivity index is 2.28. The van der Waals surface area contributed by atoms with Crippen molar-refractivity contribution in [2.75, 3.05) is 0 Å². The smallest absolute Gasteiger partial charge is 0.0740 e. The van der Waals surface area contributed by atoms with Gasteiger partial charge in [-0.25, -0.2) is 0 Å². The largest absolute Gasteiger partial charge is 0.319 e. The molecule has 0 amide bonds. The first-order chi connectivity index (χ1) is 6.27. The Hall–Kier alpha value is -0.640. The van der Waals surface area contributed by atoms with E-state index < -0.39 is 0 Å². The standard InChI is InChI=1S/C10H11NS2/c1-7-4-5-9(13-7)10(11)8-3-2-6-12-8/h2-6,10H,11H2,1H3/t10-/m0/s1. The molecule has 0 unspecified atom stereocenters. The molecule has 0 aliphatic rings. The lowest BCUT2D eigenvalue weighted by atomic mass is 10.2. The van der Waals surface area contributed by atoms with Crippen LogP contribution in [0.1, 0.15) is 20.7 Å². The van der Waals surface area contributed by atoms with Crippen molar-refractivity contribution in [3.63, 3.8) is 0 Å². The third-order valence-electron chi connectivity index (χ3n) is 1.92. The highest BCUT2D eigenvalue weighted by Gasteiger charge is 2.10. The number of hydrogen-bond acceptors (Lipinski definition) is 3. The Bertz CT molecular complexity index is 375. The summed E-state index contributed by atoms with van der Waals surface area (Å²) in [7, 11) is 0. The molecule has 0 saturated carbocycles. The van der Waals surface area contributed by atoms with Crippen LogP contribution < -0.4 is 5.73 Å². The van der Waals surface area contributed by atoms with Gasteiger partial charge in [-0.2, -0.15) is 0 Å². The molecule has 0 aliphatic heterocycles. The van der Waals surface area contributed by atoms with Crippen LogP contribution in [0, 0.1) is 6.92 Å². The van der Waals surface area contributed by atoms with E-state index in [1.54, 1.807) is 22.7 Å². The molecule has 3 heteroatoms. The van der Waals surface area contributed by atoms with Gasteiger partial charge in [0.25, 0.3) is 0 Å². The molecule has 13 heavy (non-hydrogen) atoms. The van der Waals surface area contributed by atoms with Gasteiger partial charge < -0.3 is 5.73 Å². The van der Waals surface area contributed by atoms with E-state index in [1.165, 1.54) is 14.6 Å². The molecule has 68 valence electrons. The fraction of sp³-hybridized carbons (Fsp3) is 0.200. The van der Waals surface area contributed by atoms with Crippen molar-refractivity contribution in [3.8, 4) is 0 Å². The summed E-state index contributed by atoms with van der Waals surface area (Å²) in [6, 6.07) is 8.43. The van der Waals surface area contributed by atoms with Gasteiger partial charge >= 0.3 is 0 Å². The summed E-state index contributed by atoms with van der Waals surface area (Å²) >= 11 is 3.49. The van der Waals surface area contributed by atoms with Crippen molar-refractivity contribution in [1.29, 1.82) is 0 Å². The third-order valence-corrected chi connectivity index (χ3v) is 3.96. The van der Waals surface area contributed by atoms with Gasteiger partial charge in [0.15, 0.2) is 0 Å².